The van der Waals surface area contributed by atoms with Crippen LogP contribution in [0.1, 0.15) is 18.9 Å². The number of amides is 1. The molecular weight excluding hydrogens is 320 g/mol. The average Bonchev–Trinajstić information content (AvgIpc) is 3.10. The molecule has 2 N–H and O–H groups in total. The summed E-state index contributed by atoms with van der Waals surface area (Å²) < 4.78 is 6.98. The third kappa shape index (κ3) is 2.67. The molecule has 1 aliphatic rings. The van der Waals surface area contributed by atoms with Crippen molar-refractivity contribution in [3.63, 3.8) is 0 Å². The van der Waals surface area contributed by atoms with Crippen molar-refractivity contribution in [2.45, 2.75) is 18.9 Å². The number of nitrogens with one attached hydrogen (secondary N) is 2. The monoisotopic (exact) mass is 338 g/mol. The summed E-state index contributed by atoms with van der Waals surface area (Å²) in [5.74, 6) is 1.14. The number of hydrogen-bond acceptors (Lipinski definition) is 4. The van der Waals surface area contributed by atoms with Gasteiger partial charge in [-0.15, -0.1) is 0 Å². The van der Waals surface area contributed by atoms with E-state index in [1.807, 2.05) is 12.1 Å². The van der Waals surface area contributed by atoms with Gasteiger partial charge in [-0.05, 0) is 36.4 Å². The van der Waals surface area contributed by atoms with Crippen molar-refractivity contribution in [3.8, 4) is 17.1 Å². The summed E-state index contributed by atoms with van der Waals surface area (Å²) in [5.41, 5.74) is 0.895. The highest BCUT2D eigenvalue weighted by molar-refractivity contribution is 5.85. The molecule has 1 aromatic carbocycles. The highest BCUT2D eigenvalue weighted by Gasteiger charge is 2.26. The lowest BCUT2D eigenvalue weighted by Gasteiger charge is -2.24. The molecule has 25 heavy (non-hydrogen) atoms. The van der Waals surface area contributed by atoms with Gasteiger partial charge in [0.15, 0.2) is 0 Å². The maximum atomic E-state index is 12.6. The van der Waals surface area contributed by atoms with Gasteiger partial charge < -0.3 is 19.6 Å². The molecule has 0 aliphatic carbocycles. The number of fused-ring (bicyclic) bond motifs is 1. The van der Waals surface area contributed by atoms with Gasteiger partial charge >= 0.3 is 0 Å². The summed E-state index contributed by atoms with van der Waals surface area (Å²) >= 11 is 0. The number of aromatic nitrogens is 3. The van der Waals surface area contributed by atoms with Gasteiger partial charge in [-0.1, -0.05) is 0 Å². The Balaban J connectivity index is 1.83. The number of hydrogen-bond donors (Lipinski definition) is 2. The van der Waals surface area contributed by atoms with Crippen LogP contribution in [0.2, 0.25) is 0 Å². The molecule has 0 spiro atoms. The van der Waals surface area contributed by atoms with E-state index in [9.17, 15) is 9.59 Å². The third-order valence-corrected chi connectivity index (χ3v) is 4.55. The van der Waals surface area contributed by atoms with Crippen LogP contribution >= 0.6 is 0 Å². The van der Waals surface area contributed by atoms with E-state index in [1.54, 1.807) is 36.2 Å². The molecular formula is C18H18N4O3. The summed E-state index contributed by atoms with van der Waals surface area (Å²) in [5, 5.41) is 3.74. The molecule has 1 atom stereocenters. The number of methoxy groups -OCH3 is 1. The largest absolute Gasteiger partial charge is 0.497 e. The molecule has 4 rings (SSSR count). The van der Waals surface area contributed by atoms with E-state index in [2.05, 4.69) is 15.3 Å². The van der Waals surface area contributed by atoms with Gasteiger partial charge in [0, 0.05) is 25.0 Å². The van der Waals surface area contributed by atoms with E-state index in [-0.39, 0.29) is 17.5 Å². The zero-order chi connectivity index (χ0) is 17.4. The Morgan fingerprint density at radius 1 is 1.28 bits per heavy atom. The molecule has 0 saturated carbocycles. The van der Waals surface area contributed by atoms with E-state index in [1.165, 1.54) is 0 Å². The van der Waals surface area contributed by atoms with Crippen molar-refractivity contribution in [1.29, 1.82) is 0 Å². The van der Waals surface area contributed by atoms with Crippen LogP contribution in [0.4, 0.5) is 0 Å². The Morgan fingerprint density at radius 2 is 2.16 bits per heavy atom. The highest BCUT2D eigenvalue weighted by Crippen LogP contribution is 2.26. The molecule has 0 bridgehead atoms. The van der Waals surface area contributed by atoms with Crippen molar-refractivity contribution in [3.05, 3.63) is 47.0 Å². The first-order chi connectivity index (χ1) is 12.2. The van der Waals surface area contributed by atoms with Crippen LogP contribution in [-0.4, -0.2) is 34.1 Å². The van der Waals surface area contributed by atoms with Crippen LogP contribution in [0.15, 0.2) is 41.5 Å². The molecule has 7 heteroatoms. The predicted molar refractivity (Wildman–Crippen MR) is 93.6 cm³/mol. The molecule has 1 fully saturated rings. The molecule has 2 aromatic heterocycles. The van der Waals surface area contributed by atoms with Crippen LogP contribution in [0.3, 0.4) is 0 Å². The topological polar surface area (TPSA) is 89.0 Å². The fraction of sp³-hybridized carbons (Fsp3) is 0.278. The van der Waals surface area contributed by atoms with Crippen LogP contribution in [0.25, 0.3) is 22.3 Å². The first-order valence-corrected chi connectivity index (χ1v) is 8.19. The summed E-state index contributed by atoms with van der Waals surface area (Å²) in [6, 6.07) is 6.96. The lowest BCUT2D eigenvalue weighted by Crippen LogP contribution is -2.38. The minimum atomic E-state index is -0.336. The molecule has 3 aromatic rings. The number of nitrogens with zero attached hydrogens (tertiary/aromatic N) is 2. The molecule has 0 radical (unpaired) electrons. The quantitative estimate of drug-likeness (QED) is 0.763. The standard InChI is InChI=1S/C18H18N4O3/c1-25-12-5-4-11-9-13(17(23)21-14(11)10-12)16-19-7-8-22(16)15-3-2-6-20-18(15)24/h4-5,7-10,15H,2-3,6H2,1H3,(H,20,24)(H,21,23). The SMILES string of the molecule is COc1ccc2cc(-c3nccn3C3CCCNC3=O)c(=O)[nH]c2c1. The van der Waals surface area contributed by atoms with Crippen LogP contribution in [0, 0.1) is 0 Å². The number of pyridine rings is 1. The lowest BCUT2D eigenvalue weighted by atomic mass is 10.1. The minimum absolute atomic E-state index is 0.0348. The van der Waals surface area contributed by atoms with E-state index < -0.39 is 0 Å². The number of imidazole rings is 1. The molecule has 1 amide bonds. The second-order valence-corrected chi connectivity index (χ2v) is 6.07. The van der Waals surface area contributed by atoms with Crippen molar-refractivity contribution >= 4 is 16.8 Å². The van der Waals surface area contributed by atoms with Crippen molar-refractivity contribution in [2.75, 3.05) is 13.7 Å². The molecule has 1 unspecified atom stereocenters. The van der Waals surface area contributed by atoms with Crippen molar-refractivity contribution in [1.82, 2.24) is 19.9 Å². The highest BCUT2D eigenvalue weighted by atomic mass is 16.5. The maximum absolute atomic E-state index is 12.6. The van der Waals surface area contributed by atoms with Gasteiger partial charge in [0.05, 0.1) is 18.2 Å². The van der Waals surface area contributed by atoms with Gasteiger partial charge in [0.1, 0.15) is 17.6 Å². The van der Waals surface area contributed by atoms with Crippen LogP contribution in [0.5, 0.6) is 5.75 Å². The number of carbonyl (C=O) groups is 1. The lowest BCUT2D eigenvalue weighted by molar-refractivity contribution is -0.125. The smallest absolute Gasteiger partial charge is 0.259 e. The molecule has 7 nitrogen and oxygen atoms in total. The van der Waals surface area contributed by atoms with E-state index in [0.717, 1.165) is 18.2 Å². The Morgan fingerprint density at radius 3 is 2.96 bits per heavy atom. The Hall–Kier alpha value is -3.09. The summed E-state index contributed by atoms with van der Waals surface area (Å²) in [4.78, 5) is 32.0. The summed E-state index contributed by atoms with van der Waals surface area (Å²) in [6.07, 6.45) is 5.01. The molecule has 1 aliphatic heterocycles. The number of benzene rings is 1. The van der Waals surface area contributed by atoms with Crippen LogP contribution < -0.4 is 15.6 Å². The number of aromatic amines is 1. The predicted octanol–water partition coefficient (Wildman–Crippen LogP) is 1.85. The van der Waals surface area contributed by atoms with Crippen molar-refractivity contribution in [2.24, 2.45) is 0 Å². The average molecular weight is 338 g/mol. The third-order valence-electron chi connectivity index (χ3n) is 4.55. The second kappa shape index (κ2) is 6.08. The number of rotatable bonds is 3. The van der Waals surface area contributed by atoms with Gasteiger partial charge in [-0.3, -0.25) is 9.59 Å². The van der Waals surface area contributed by atoms with Gasteiger partial charge in [-0.25, -0.2) is 4.98 Å². The minimum Gasteiger partial charge on any atom is -0.497 e. The fourth-order valence-corrected chi connectivity index (χ4v) is 3.27. The first kappa shape index (κ1) is 15.4. The van der Waals surface area contributed by atoms with Crippen molar-refractivity contribution < 1.29 is 9.53 Å². The number of carbonyl (C=O) groups excluding carboxylic acids is 1. The van der Waals surface area contributed by atoms with E-state index >= 15 is 0 Å². The number of piperidine rings is 1. The second-order valence-electron chi connectivity index (χ2n) is 6.07. The van der Waals surface area contributed by atoms with Gasteiger partial charge in [-0.2, -0.15) is 0 Å². The summed E-state index contributed by atoms with van der Waals surface area (Å²) in [7, 11) is 1.58. The molecule has 3 heterocycles. The zero-order valence-electron chi connectivity index (χ0n) is 13.8. The van der Waals surface area contributed by atoms with Gasteiger partial charge in [0.25, 0.3) is 5.56 Å². The number of H-pyrrole nitrogens is 1. The Bertz CT molecular complexity index is 1000. The summed E-state index contributed by atoms with van der Waals surface area (Å²) in [6.45, 7) is 0.692. The fourth-order valence-electron chi connectivity index (χ4n) is 3.27. The number of ether oxygens (including phenoxy) is 1. The van der Waals surface area contributed by atoms with Crippen LogP contribution in [-0.2, 0) is 4.79 Å². The molecule has 1 saturated heterocycles. The van der Waals surface area contributed by atoms with E-state index in [0.29, 0.717) is 29.2 Å². The normalized spacial score (nSPS) is 17.5. The first-order valence-electron chi connectivity index (χ1n) is 8.19. The molecule has 128 valence electrons. The van der Waals surface area contributed by atoms with Gasteiger partial charge in [0.2, 0.25) is 5.91 Å². The Labute approximate surface area is 143 Å². The van der Waals surface area contributed by atoms with E-state index in [4.69, 9.17) is 4.74 Å². The zero-order valence-corrected chi connectivity index (χ0v) is 13.8. The Kier molecular flexibility index (Phi) is 3.76. The maximum Gasteiger partial charge on any atom is 0.259 e.